The van der Waals surface area contributed by atoms with Crippen molar-refractivity contribution in [3.63, 3.8) is 0 Å². The molecule has 0 spiro atoms. The second-order valence-corrected chi connectivity index (χ2v) is 6.64. The average molecular weight is 294 g/mol. The van der Waals surface area contributed by atoms with Crippen molar-refractivity contribution in [2.45, 2.75) is 69.5 Å². The van der Waals surface area contributed by atoms with Gasteiger partial charge in [0.15, 0.2) is 0 Å². The Balaban J connectivity index is 1.82. The molecule has 3 rings (SSSR count). The van der Waals surface area contributed by atoms with E-state index in [-0.39, 0.29) is 24.3 Å². The van der Waals surface area contributed by atoms with E-state index in [1.54, 1.807) is 11.8 Å². The number of nitrogens with zero attached hydrogens (tertiary/aromatic N) is 2. The minimum absolute atomic E-state index is 0.0358. The zero-order valence-corrected chi connectivity index (χ0v) is 12.4. The van der Waals surface area contributed by atoms with Gasteiger partial charge in [0, 0.05) is 12.6 Å². The first-order valence-corrected chi connectivity index (χ1v) is 7.81. The summed E-state index contributed by atoms with van der Waals surface area (Å²) >= 11 is 0. The first-order chi connectivity index (χ1) is 9.95. The van der Waals surface area contributed by atoms with E-state index in [1.165, 1.54) is 4.90 Å². The van der Waals surface area contributed by atoms with Gasteiger partial charge in [0.05, 0.1) is 12.5 Å². The normalized spacial score (nSPS) is 35.1. The summed E-state index contributed by atoms with van der Waals surface area (Å²) in [4.78, 5) is 39.7. The number of hydrogen-bond donors (Lipinski definition) is 1. The Labute approximate surface area is 124 Å². The van der Waals surface area contributed by atoms with Crippen LogP contribution < -0.4 is 0 Å². The molecule has 0 aromatic heterocycles. The van der Waals surface area contributed by atoms with Crippen molar-refractivity contribution in [3.8, 4) is 0 Å². The third-order valence-corrected chi connectivity index (χ3v) is 5.38. The quantitative estimate of drug-likeness (QED) is 0.786. The molecule has 1 N–H and O–H groups in total. The molecule has 0 aromatic rings. The maximum atomic E-state index is 12.7. The van der Waals surface area contributed by atoms with Gasteiger partial charge in [-0.2, -0.15) is 0 Å². The van der Waals surface area contributed by atoms with Crippen molar-refractivity contribution >= 4 is 17.8 Å². The summed E-state index contributed by atoms with van der Waals surface area (Å²) in [7, 11) is 0. The van der Waals surface area contributed by atoms with Gasteiger partial charge in [0.1, 0.15) is 5.54 Å². The van der Waals surface area contributed by atoms with Gasteiger partial charge in [-0.1, -0.05) is 12.8 Å². The van der Waals surface area contributed by atoms with Crippen LogP contribution >= 0.6 is 0 Å². The lowest BCUT2D eigenvalue weighted by Gasteiger charge is -2.34. The average Bonchev–Trinajstić information content (AvgIpc) is 3.11. The predicted octanol–water partition coefficient (Wildman–Crippen LogP) is 0.996. The number of carbonyl (C=O) groups is 3. The van der Waals surface area contributed by atoms with Crippen LogP contribution in [0.3, 0.4) is 0 Å². The zero-order valence-electron chi connectivity index (χ0n) is 12.4. The van der Waals surface area contributed by atoms with Crippen molar-refractivity contribution < 1.29 is 19.5 Å². The van der Waals surface area contributed by atoms with E-state index in [4.69, 9.17) is 0 Å². The van der Waals surface area contributed by atoms with Crippen molar-refractivity contribution in [2.24, 2.45) is 0 Å². The van der Waals surface area contributed by atoms with Crippen LogP contribution in [-0.2, 0) is 14.4 Å². The second kappa shape index (κ2) is 5.09. The standard InChI is InChI=1S/C15H22N2O4/c1-15(14(20)21)7-4-8-16(15)11-9-12(18)17(13(11)19)10-5-2-3-6-10/h10-11H,2-9H2,1H3,(H,20,21). The number of carboxylic acids is 1. The van der Waals surface area contributed by atoms with Crippen LogP contribution in [0, 0.1) is 0 Å². The molecule has 3 fully saturated rings. The van der Waals surface area contributed by atoms with E-state index in [0.29, 0.717) is 13.0 Å². The number of carbonyl (C=O) groups excluding carboxylic acids is 2. The van der Waals surface area contributed by atoms with Gasteiger partial charge in [-0.05, 0) is 32.6 Å². The van der Waals surface area contributed by atoms with Gasteiger partial charge in [-0.3, -0.25) is 24.2 Å². The Morgan fingerprint density at radius 3 is 2.52 bits per heavy atom. The third kappa shape index (κ3) is 2.16. The maximum Gasteiger partial charge on any atom is 0.323 e. The fraction of sp³-hybridized carbons (Fsp3) is 0.800. The van der Waals surface area contributed by atoms with E-state index in [2.05, 4.69) is 0 Å². The molecule has 2 atom stereocenters. The van der Waals surface area contributed by atoms with E-state index >= 15 is 0 Å². The number of aliphatic carboxylic acids is 1. The van der Waals surface area contributed by atoms with Gasteiger partial charge >= 0.3 is 5.97 Å². The molecule has 1 saturated carbocycles. The molecule has 6 heteroatoms. The zero-order chi connectivity index (χ0) is 15.2. The molecule has 0 aromatic carbocycles. The van der Waals surface area contributed by atoms with Gasteiger partial charge in [0.2, 0.25) is 11.8 Å². The lowest BCUT2D eigenvalue weighted by Crippen LogP contribution is -2.55. The fourth-order valence-corrected chi connectivity index (χ4v) is 4.14. The highest BCUT2D eigenvalue weighted by Gasteiger charge is 2.53. The summed E-state index contributed by atoms with van der Waals surface area (Å²) in [5.74, 6) is -1.21. The fourth-order valence-electron chi connectivity index (χ4n) is 4.14. The summed E-state index contributed by atoms with van der Waals surface area (Å²) in [5, 5.41) is 9.48. The monoisotopic (exact) mass is 294 g/mol. The van der Waals surface area contributed by atoms with Crippen LogP contribution in [-0.4, -0.2) is 56.9 Å². The van der Waals surface area contributed by atoms with Crippen LogP contribution in [0.25, 0.3) is 0 Å². The van der Waals surface area contributed by atoms with Crippen LogP contribution in [0.5, 0.6) is 0 Å². The smallest absolute Gasteiger partial charge is 0.323 e. The van der Waals surface area contributed by atoms with Crippen LogP contribution in [0.4, 0.5) is 0 Å². The first-order valence-electron chi connectivity index (χ1n) is 7.81. The molecule has 3 aliphatic rings. The number of rotatable bonds is 3. The topological polar surface area (TPSA) is 77.9 Å². The van der Waals surface area contributed by atoms with Crippen LogP contribution in [0.15, 0.2) is 0 Å². The van der Waals surface area contributed by atoms with Crippen molar-refractivity contribution in [1.82, 2.24) is 9.80 Å². The Morgan fingerprint density at radius 2 is 1.90 bits per heavy atom. The van der Waals surface area contributed by atoms with Crippen LogP contribution in [0.2, 0.25) is 0 Å². The number of imide groups is 1. The van der Waals surface area contributed by atoms with Gasteiger partial charge < -0.3 is 5.11 Å². The molecule has 2 aliphatic heterocycles. The van der Waals surface area contributed by atoms with Gasteiger partial charge in [0.25, 0.3) is 0 Å². The molecular weight excluding hydrogens is 272 g/mol. The maximum absolute atomic E-state index is 12.7. The number of likely N-dealkylation sites (tertiary alicyclic amines) is 2. The highest BCUT2D eigenvalue weighted by Crippen LogP contribution is 2.37. The minimum Gasteiger partial charge on any atom is -0.480 e. The molecule has 0 radical (unpaired) electrons. The Morgan fingerprint density at radius 1 is 1.24 bits per heavy atom. The summed E-state index contributed by atoms with van der Waals surface area (Å²) in [6.07, 6.45) is 5.32. The van der Waals surface area contributed by atoms with Gasteiger partial charge in [-0.25, -0.2) is 0 Å². The van der Waals surface area contributed by atoms with E-state index in [9.17, 15) is 19.5 Å². The summed E-state index contributed by atoms with van der Waals surface area (Å²) in [5.41, 5.74) is -1.02. The summed E-state index contributed by atoms with van der Waals surface area (Å²) in [6, 6.07) is -0.546. The highest BCUT2D eigenvalue weighted by atomic mass is 16.4. The molecule has 2 heterocycles. The second-order valence-electron chi connectivity index (χ2n) is 6.64. The van der Waals surface area contributed by atoms with Gasteiger partial charge in [-0.15, -0.1) is 0 Å². The Kier molecular flexibility index (Phi) is 3.51. The Hall–Kier alpha value is -1.43. The predicted molar refractivity (Wildman–Crippen MR) is 74.5 cm³/mol. The Bertz CT molecular complexity index is 486. The molecule has 0 bridgehead atoms. The van der Waals surface area contributed by atoms with Crippen molar-refractivity contribution in [2.75, 3.05) is 6.54 Å². The highest BCUT2D eigenvalue weighted by molar-refractivity contribution is 6.06. The third-order valence-electron chi connectivity index (χ3n) is 5.38. The molecule has 2 saturated heterocycles. The van der Waals surface area contributed by atoms with E-state index in [0.717, 1.165) is 32.1 Å². The molecule has 21 heavy (non-hydrogen) atoms. The lowest BCUT2D eigenvalue weighted by molar-refractivity contribution is -0.151. The molecule has 116 valence electrons. The summed E-state index contributed by atoms with van der Waals surface area (Å²) in [6.45, 7) is 2.24. The van der Waals surface area contributed by atoms with Crippen molar-refractivity contribution in [1.29, 1.82) is 0 Å². The SMILES string of the molecule is CC1(C(=O)O)CCCN1C1CC(=O)N(C2CCCC2)C1=O. The molecular formula is C15H22N2O4. The number of carboxylic acid groups (broad SMARTS) is 1. The molecule has 6 nitrogen and oxygen atoms in total. The number of hydrogen-bond acceptors (Lipinski definition) is 4. The number of amides is 2. The van der Waals surface area contributed by atoms with E-state index in [1.807, 2.05) is 0 Å². The van der Waals surface area contributed by atoms with Crippen molar-refractivity contribution in [3.05, 3.63) is 0 Å². The molecule has 2 amide bonds. The van der Waals surface area contributed by atoms with Crippen LogP contribution in [0.1, 0.15) is 51.9 Å². The molecule has 1 aliphatic carbocycles. The largest absolute Gasteiger partial charge is 0.480 e. The first kappa shape index (κ1) is 14.5. The van der Waals surface area contributed by atoms with E-state index < -0.39 is 17.6 Å². The lowest BCUT2D eigenvalue weighted by atomic mass is 9.97. The minimum atomic E-state index is -1.02. The summed E-state index contributed by atoms with van der Waals surface area (Å²) < 4.78 is 0. The molecule has 2 unspecified atom stereocenters.